The van der Waals surface area contributed by atoms with Crippen LogP contribution in [-0.4, -0.2) is 64.9 Å². The number of imide groups is 1. The van der Waals surface area contributed by atoms with Crippen molar-refractivity contribution >= 4 is 34.7 Å². The normalized spacial score (nSPS) is 21.9. The van der Waals surface area contributed by atoms with Crippen molar-refractivity contribution in [2.45, 2.75) is 38.3 Å². The van der Waals surface area contributed by atoms with Crippen molar-refractivity contribution in [3.63, 3.8) is 0 Å². The summed E-state index contributed by atoms with van der Waals surface area (Å²) in [5, 5.41) is 11.8. The average molecular weight is 454 g/mol. The minimum absolute atomic E-state index is 0.0547. The predicted octanol–water partition coefficient (Wildman–Crippen LogP) is 2.74. The Kier molecular flexibility index (Phi) is 5.73. The van der Waals surface area contributed by atoms with E-state index in [1.807, 2.05) is 29.6 Å². The number of benzene rings is 1. The Labute approximate surface area is 191 Å². The molecule has 8 heteroatoms. The van der Waals surface area contributed by atoms with Crippen molar-refractivity contribution in [3.8, 4) is 0 Å². The highest BCUT2D eigenvalue weighted by Crippen LogP contribution is 2.35. The Morgan fingerprint density at radius 3 is 2.56 bits per heavy atom. The van der Waals surface area contributed by atoms with Crippen LogP contribution in [0.2, 0.25) is 0 Å². The zero-order valence-electron chi connectivity index (χ0n) is 17.9. The van der Waals surface area contributed by atoms with E-state index >= 15 is 0 Å². The molecule has 1 atom stereocenters. The zero-order chi connectivity index (χ0) is 22.2. The molecule has 1 aromatic heterocycles. The summed E-state index contributed by atoms with van der Waals surface area (Å²) in [5.41, 5.74) is 1.73. The number of anilines is 1. The van der Waals surface area contributed by atoms with Crippen LogP contribution in [0, 0.1) is 5.92 Å². The van der Waals surface area contributed by atoms with E-state index in [0.29, 0.717) is 50.1 Å². The SMILES string of the molecule is O=C(C1CCN(c2cccc3c2C(=O)N(Cc2cccs2)C3=O)CC1)N1CCC[C@H](O)C1. The molecule has 2 fully saturated rings. The quantitative estimate of drug-likeness (QED) is 0.720. The second-order valence-electron chi connectivity index (χ2n) is 8.82. The maximum absolute atomic E-state index is 13.2. The molecule has 7 nitrogen and oxygen atoms in total. The van der Waals surface area contributed by atoms with Crippen molar-refractivity contribution < 1.29 is 19.5 Å². The number of likely N-dealkylation sites (tertiary alicyclic amines) is 1. The van der Waals surface area contributed by atoms with Crippen LogP contribution in [0.1, 0.15) is 51.3 Å². The molecule has 5 rings (SSSR count). The highest BCUT2D eigenvalue weighted by molar-refractivity contribution is 7.09. The van der Waals surface area contributed by atoms with Gasteiger partial charge in [0.25, 0.3) is 11.8 Å². The Bertz CT molecular complexity index is 1030. The van der Waals surface area contributed by atoms with E-state index in [4.69, 9.17) is 0 Å². The first-order chi connectivity index (χ1) is 15.5. The number of fused-ring (bicyclic) bond motifs is 1. The Morgan fingerprint density at radius 1 is 1.03 bits per heavy atom. The number of piperidine rings is 2. The Hall–Kier alpha value is -2.71. The smallest absolute Gasteiger partial charge is 0.264 e. The number of hydrogen-bond acceptors (Lipinski definition) is 6. The lowest BCUT2D eigenvalue weighted by atomic mass is 9.93. The molecule has 0 spiro atoms. The fourth-order valence-electron chi connectivity index (χ4n) is 5.06. The highest BCUT2D eigenvalue weighted by atomic mass is 32.1. The van der Waals surface area contributed by atoms with Crippen LogP contribution in [0.3, 0.4) is 0 Å². The van der Waals surface area contributed by atoms with Crippen molar-refractivity contribution in [1.82, 2.24) is 9.80 Å². The summed E-state index contributed by atoms with van der Waals surface area (Å²) in [6, 6.07) is 9.31. The average Bonchev–Trinajstić information content (AvgIpc) is 3.42. The zero-order valence-corrected chi connectivity index (χ0v) is 18.7. The maximum Gasteiger partial charge on any atom is 0.264 e. The minimum atomic E-state index is -0.416. The fourth-order valence-corrected chi connectivity index (χ4v) is 5.75. The van der Waals surface area contributed by atoms with Gasteiger partial charge in [-0.3, -0.25) is 19.3 Å². The maximum atomic E-state index is 13.2. The van der Waals surface area contributed by atoms with E-state index in [1.165, 1.54) is 16.2 Å². The first-order valence-electron chi connectivity index (χ1n) is 11.3. The number of rotatable bonds is 4. The minimum Gasteiger partial charge on any atom is -0.391 e. The third-order valence-electron chi connectivity index (χ3n) is 6.76. The Morgan fingerprint density at radius 2 is 1.84 bits per heavy atom. The van der Waals surface area contributed by atoms with Crippen LogP contribution in [0.4, 0.5) is 5.69 Å². The van der Waals surface area contributed by atoms with Gasteiger partial charge in [0, 0.05) is 37.0 Å². The van der Waals surface area contributed by atoms with Crippen molar-refractivity contribution in [3.05, 3.63) is 51.7 Å². The van der Waals surface area contributed by atoms with Gasteiger partial charge in [0.05, 0.1) is 29.5 Å². The molecule has 1 N–H and O–H groups in total. The van der Waals surface area contributed by atoms with Crippen LogP contribution >= 0.6 is 11.3 Å². The number of β-amino-alcohol motifs (C(OH)–C–C–N with tert-alkyl or cyclic N) is 1. The molecule has 4 heterocycles. The lowest BCUT2D eigenvalue weighted by Gasteiger charge is -2.37. The van der Waals surface area contributed by atoms with Crippen LogP contribution in [0.25, 0.3) is 0 Å². The summed E-state index contributed by atoms with van der Waals surface area (Å²) in [6.07, 6.45) is 2.60. The lowest BCUT2D eigenvalue weighted by Crippen LogP contribution is -2.47. The van der Waals surface area contributed by atoms with E-state index < -0.39 is 6.10 Å². The molecule has 3 aliphatic rings. The van der Waals surface area contributed by atoms with Crippen LogP contribution in [-0.2, 0) is 11.3 Å². The molecule has 0 unspecified atom stereocenters. The molecule has 0 saturated carbocycles. The van der Waals surface area contributed by atoms with E-state index in [-0.39, 0.29) is 23.6 Å². The van der Waals surface area contributed by atoms with E-state index in [2.05, 4.69) is 4.90 Å². The van der Waals surface area contributed by atoms with Crippen molar-refractivity contribution in [2.75, 3.05) is 31.1 Å². The molecule has 32 heavy (non-hydrogen) atoms. The standard InChI is InChI=1S/C24H27N3O4S/c28-17-4-2-10-26(14-17)22(29)16-8-11-25(12-9-16)20-7-1-6-19-21(20)24(31)27(23(19)30)15-18-5-3-13-32-18/h1,3,5-7,13,16-17,28H,2,4,8-12,14-15H2/t17-/m0/s1. The summed E-state index contributed by atoms with van der Waals surface area (Å²) in [5.74, 6) is -0.403. The summed E-state index contributed by atoms with van der Waals surface area (Å²) < 4.78 is 0. The summed E-state index contributed by atoms with van der Waals surface area (Å²) >= 11 is 1.53. The number of hydrogen-bond donors (Lipinski definition) is 1. The molecule has 3 amide bonds. The van der Waals surface area contributed by atoms with Gasteiger partial charge in [-0.05, 0) is 49.3 Å². The molecule has 2 saturated heterocycles. The summed E-state index contributed by atoms with van der Waals surface area (Å²) in [6.45, 7) is 2.77. The lowest BCUT2D eigenvalue weighted by molar-refractivity contribution is -0.139. The van der Waals surface area contributed by atoms with Gasteiger partial charge in [-0.2, -0.15) is 0 Å². The van der Waals surface area contributed by atoms with Gasteiger partial charge < -0.3 is 14.9 Å². The molecule has 0 radical (unpaired) electrons. The van der Waals surface area contributed by atoms with E-state index in [1.54, 1.807) is 11.0 Å². The first kappa shape index (κ1) is 21.2. The molecular weight excluding hydrogens is 426 g/mol. The number of aliphatic hydroxyl groups is 1. The first-order valence-corrected chi connectivity index (χ1v) is 12.1. The van der Waals surface area contributed by atoms with E-state index in [9.17, 15) is 19.5 Å². The molecule has 3 aliphatic heterocycles. The van der Waals surface area contributed by atoms with Gasteiger partial charge >= 0.3 is 0 Å². The number of carbonyl (C=O) groups is 3. The Balaban J connectivity index is 1.29. The largest absolute Gasteiger partial charge is 0.391 e. The molecule has 0 bridgehead atoms. The summed E-state index contributed by atoms with van der Waals surface area (Å²) in [4.78, 5) is 45.3. The highest BCUT2D eigenvalue weighted by Gasteiger charge is 2.39. The summed E-state index contributed by atoms with van der Waals surface area (Å²) in [7, 11) is 0. The predicted molar refractivity (Wildman–Crippen MR) is 122 cm³/mol. The van der Waals surface area contributed by atoms with Gasteiger partial charge in [-0.25, -0.2) is 0 Å². The van der Waals surface area contributed by atoms with Crippen LogP contribution < -0.4 is 4.90 Å². The van der Waals surface area contributed by atoms with Crippen LogP contribution in [0.15, 0.2) is 35.7 Å². The monoisotopic (exact) mass is 453 g/mol. The third-order valence-corrected chi connectivity index (χ3v) is 7.63. The second kappa shape index (κ2) is 8.67. The second-order valence-corrected chi connectivity index (χ2v) is 9.85. The number of thiophene rings is 1. The van der Waals surface area contributed by atoms with Crippen LogP contribution in [0.5, 0.6) is 0 Å². The van der Waals surface area contributed by atoms with E-state index in [0.717, 1.165) is 30.0 Å². The molecular formula is C24H27N3O4S. The van der Waals surface area contributed by atoms with Crippen molar-refractivity contribution in [1.29, 1.82) is 0 Å². The van der Waals surface area contributed by atoms with Gasteiger partial charge in [0.2, 0.25) is 5.91 Å². The third kappa shape index (κ3) is 3.82. The molecule has 168 valence electrons. The van der Waals surface area contributed by atoms with Gasteiger partial charge in [0.15, 0.2) is 0 Å². The number of nitrogens with zero attached hydrogens (tertiary/aromatic N) is 3. The topological polar surface area (TPSA) is 81.2 Å². The molecule has 0 aliphatic carbocycles. The van der Waals surface area contributed by atoms with Crippen molar-refractivity contribution in [2.24, 2.45) is 5.92 Å². The molecule has 1 aromatic carbocycles. The number of carbonyl (C=O) groups excluding carboxylic acids is 3. The molecule has 2 aromatic rings. The van der Waals surface area contributed by atoms with Gasteiger partial charge in [-0.1, -0.05) is 12.1 Å². The fraction of sp³-hybridized carbons (Fsp3) is 0.458. The number of amides is 3. The van der Waals surface area contributed by atoms with Gasteiger partial charge in [-0.15, -0.1) is 11.3 Å². The number of aliphatic hydroxyl groups excluding tert-OH is 1. The van der Waals surface area contributed by atoms with Gasteiger partial charge in [0.1, 0.15) is 0 Å².